The van der Waals surface area contributed by atoms with E-state index < -0.39 is 5.97 Å². The number of nitrogens with zero attached hydrogens (tertiary/aromatic N) is 2. The van der Waals surface area contributed by atoms with Gasteiger partial charge >= 0.3 is 5.97 Å². The van der Waals surface area contributed by atoms with E-state index in [-0.39, 0.29) is 5.91 Å². The summed E-state index contributed by atoms with van der Waals surface area (Å²) >= 11 is 0. The van der Waals surface area contributed by atoms with Gasteiger partial charge in [0.2, 0.25) is 0 Å². The molecular weight excluding hydrogens is 340 g/mol. The number of likely N-dealkylation sites (tertiary alicyclic amines) is 1. The fourth-order valence-electron chi connectivity index (χ4n) is 3.71. The van der Waals surface area contributed by atoms with Crippen LogP contribution in [-0.4, -0.2) is 41.5 Å². The highest BCUT2D eigenvalue weighted by Gasteiger charge is 2.19. The Balaban J connectivity index is 1.63. The van der Waals surface area contributed by atoms with Gasteiger partial charge in [0.25, 0.3) is 5.91 Å². The largest absolute Gasteiger partial charge is 0.465 e. The summed E-state index contributed by atoms with van der Waals surface area (Å²) in [6.45, 7) is 3.21. The summed E-state index contributed by atoms with van der Waals surface area (Å²) in [6, 6.07) is 15.1. The third-order valence-electron chi connectivity index (χ3n) is 5.14. The SMILES string of the molecule is COC(=O)c1cn(C(=O)c2ccc(CN3CCCC3)cc2)c2ccccc12. The molecule has 1 aliphatic heterocycles. The number of esters is 1. The molecule has 3 aromatic rings. The molecule has 5 heteroatoms. The van der Waals surface area contributed by atoms with E-state index in [4.69, 9.17) is 4.74 Å². The molecule has 0 spiro atoms. The molecule has 4 rings (SSSR count). The van der Waals surface area contributed by atoms with E-state index >= 15 is 0 Å². The van der Waals surface area contributed by atoms with Crippen molar-refractivity contribution >= 4 is 22.8 Å². The molecule has 0 N–H and O–H groups in total. The maximum Gasteiger partial charge on any atom is 0.340 e. The average Bonchev–Trinajstić information content (AvgIpc) is 3.35. The van der Waals surface area contributed by atoms with Gasteiger partial charge in [0, 0.05) is 23.7 Å². The second-order valence-corrected chi connectivity index (χ2v) is 6.91. The average molecular weight is 362 g/mol. The maximum absolute atomic E-state index is 13.0. The van der Waals surface area contributed by atoms with Gasteiger partial charge in [-0.15, -0.1) is 0 Å². The molecule has 27 heavy (non-hydrogen) atoms. The number of ether oxygens (including phenoxy) is 1. The molecule has 0 aliphatic carbocycles. The van der Waals surface area contributed by atoms with E-state index in [0.717, 1.165) is 19.6 Å². The van der Waals surface area contributed by atoms with Gasteiger partial charge in [-0.05, 0) is 49.7 Å². The Bertz CT molecular complexity index is 982. The third kappa shape index (κ3) is 3.38. The number of carbonyl (C=O) groups excluding carboxylic acids is 2. The normalized spacial score (nSPS) is 14.6. The van der Waals surface area contributed by atoms with Gasteiger partial charge in [-0.25, -0.2) is 4.79 Å². The van der Waals surface area contributed by atoms with Crippen LogP contribution in [0.1, 0.15) is 39.1 Å². The lowest BCUT2D eigenvalue weighted by Gasteiger charge is -2.14. The fraction of sp³-hybridized carbons (Fsp3) is 0.273. The third-order valence-corrected chi connectivity index (χ3v) is 5.14. The Morgan fingerprint density at radius 1 is 1.00 bits per heavy atom. The van der Waals surface area contributed by atoms with Gasteiger partial charge in [-0.2, -0.15) is 0 Å². The topological polar surface area (TPSA) is 51.5 Å². The van der Waals surface area contributed by atoms with E-state index in [1.165, 1.54) is 30.1 Å². The van der Waals surface area contributed by atoms with Crippen LogP contribution >= 0.6 is 0 Å². The summed E-state index contributed by atoms with van der Waals surface area (Å²) in [5.74, 6) is -0.604. The smallest absolute Gasteiger partial charge is 0.340 e. The van der Waals surface area contributed by atoms with Gasteiger partial charge in [0.1, 0.15) is 0 Å². The van der Waals surface area contributed by atoms with Crippen molar-refractivity contribution in [1.29, 1.82) is 0 Å². The zero-order chi connectivity index (χ0) is 18.8. The Kier molecular flexibility index (Phi) is 4.77. The predicted molar refractivity (Wildman–Crippen MR) is 104 cm³/mol. The minimum Gasteiger partial charge on any atom is -0.465 e. The number of benzene rings is 2. The summed E-state index contributed by atoms with van der Waals surface area (Å²) in [4.78, 5) is 27.5. The summed E-state index contributed by atoms with van der Waals surface area (Å²) in [6.07, 6.45) is 4.09. The Morgan fingerprint density at radius 3 is 2.41 bits per heavy atom. The lowest BCUT2D eigenvalue weighted by Crippen LogP contribution is -2.18. The second kappa shape index (κ2) is 7.37. The van der Waals surface area contributed by atoms with Crippen LogP contribution in [0.2, 0.25) is 0 Å². The monoisotopic (exact) mass is 362 g/mol. The molecule has 2 heterocycles. The van der Waals surface area contributed by atoms with E-state index in [2.05, 4.69) is 4.90 Å². The zero-order valence-corrected chi connectivity index (χ0v) is 15.4. The number of rotatable bonds is 4. The molecule has 1 aromatic heterocycles. The standard InChI is InChI=1S/C22H22N2O3/c1-27-22(26)19-15-24(20-7-3-2-6-18(19)20)21(25)17-10-8-16(9-11-17)14-23-12-4-5-13-23/h2-3,6-11,15H,4-5,12-14H2,1H3. The van der Waals surface area contributed by atoms with Gasteiger partial charge in [0.05, 0.1) is 18.2 Å². The van der Waals surface area contributed by atoms with Crippen molar-refractivity contribution in [3.8, 4) is 0 Å². The Hall–Kier alpha value is -2.92. The fourth-order valence-corrected chi connectivity index (χ4v) is 3.71. The van der Waals surface area contributed by atoms with Gasteiger partial charge in [-0.3, -0.25) is 14.3 Å². The summed E-state index contributed by atoms with van der Waals surface area (Å²) in [5.41, 5.74) is 2.90. The minimum atomic E-state index is -0.446. The van der Waals surface area contributed by atoms with Crippen molar-refractivity contribution in [2.75, 3.05) is 20.2 Å². The van der Waals surface area contributed by atoms with Gasteiger partial charge < -0.3 is 4.74 Å². The first-order chi connectivity index (χ1) is 13.2. The first-order valence-electron chi connectivity index (χ1n) is 9.22. The molecule has 1 aliphatic rings. The number of hydrogen-bond donors (Lipinski definition) is 0. The molecular formula is C22H22N2O3. The molecule has 5 nitrogen and oxygen atoms in total. The first-order valence-corrected chi connectivity index (χ1v) is 9.22. The lowest BCUT2D eigenvalue weighted by atomic mass is 10.1. The van der Waals surface area contributed by atoms with E-state index in [1.54, 1.807) is 6.20 Å². The van der Waals surface area contributed by atoms with Crippen LogP contribution in [0, 0.1) is 0 Å². The van der Waals surface area contributed by atoms with Crippen LogP contribution in [0.5, 0.6) is 0 Å². The first kappa shape index (κ1) is 17.5. The van der Waals surface area contributed by atoms with Crippen molar-refractivity contribution in [2.24, 2.45) is 0 Å². The van der Waals surface area contributed by atoms with Crippen LogP contribution < -0.4 is 0 Å². The molecule has 0 bridgehead atoms. The van der Waals surface area contributed by atoms with E-state index in [9.17, 15) is 9.59 Å². The minimum absolute atomic E-state index is 0.158. The van der Waals surface area contributed by atoms with Gasteiger partial charge in [-0.1, -0.05) is 30.3 Å². The van der Waals surface area contributed by atoms with Gasteiger partial charge in [0.15, 0.2) is 0 Å². The van der Waals surface area contributed by atoms with Crippen molar-refractivity contribution in [2.45, 2.75) is 19.4 Å². The summed E-state index contributed by atoms with van der Waals surface area (Å²) in [5, 5.41) is 0.711. The summed E-state index contributed by atoms with van der Waals surface area (Å²) < 4.78 is 6.38. The van der Waals surface area contributed by atoms with E-state index in [0.29, 0.717) is 22.0 Å². The number of hydrogen-bond acceptors (Lipinski definition) is 4. The maximum atomic E-state index is 13.0. The van der Waals surface area contributed by atoms with Crippen molar-refractivity contribution in [3.63, 3.8) is 0 Å². The number of aromatic nitrogens is 1. The molecule has 0 amide bonds. The Labute approximate surface area is 158 Å². The number of para-hydroxylation sites is 1. The van der Waals surface area contributed by atoms with Crippen LogP contribution in [-0.2, 0) is 11.3 Å². The van der Waals surface area contributed by atoms with E-state index in [1.807, 2.05) is 48.5 Å². The van der Waals surface area contributed by atoms with Crippen molar-refractivity contribution in [1.82, 2.24) is 9.47 Å². The highest BCUT2D eigenvalue weighted by molar-refractivity contribution is 6.09. The predicted octanol–water partition coefficient (Wildman–Crippen LogP) is 3.71. The second-order valence-electron chi connectivity index (χ2n) is 6.91. The molecule has 1 fully saturated rings. The van der Waals surface area contributed by atoms with Crippen LogP contribution in [0.3, 0.4) is 0 Å². The van der Waals surface area contributed by atoms with Crippen molar-refractivity contribution < 1.29 is 14.3 Å². The Morgan fingerprint density at radius 2 is 1.70 bits per heavy atom. The molecule has 2 aromatic carbocycles. The lowest BCUT2D eigenvalue weighted by molar-refractivity contribution is 0.0603. The van der Waals surface area contributed by atoms with Crippen LogP contribution in [0.4, 0.5) is 0 Å². The van der Waals surface area contributed by atoms with Crippen LogP contribution in [0.25, 0.3) is 10.9 Å². The zero-order valence-electron chi connectivity index (χ0n) is 15.4. The number of fused-ring (bicyclic) bond motifs is 1. The molecule has 138 valence electrons. The van der Waals surface area contributed by atoms with Crippen LogP contribution in [0.15, 0.2) is 54.7 Å². The molecule has 0 radical (unpaired) electrons. The quantitative estimate of drug-likeness (QED) is 0.664. The molecule has 0 saturated carbocycles. The molecule has 0 atom stereocenters. The number of methoxy groups -OCH3 is 1. The van der Waals surface area contributed by atoms with Crippen molar-refractivity contribution in [3.05, 3.63) is 71.4 Å². The molecule has 1 saturated heterocycles. The highest BCUT2D eigenvalue weighted by atomic mass is 16.5. The summed E-state index contributed by atoms with van der Waals surface area (Å²) in [7, 11) is 1.34. The highest BCUT2D eigenvalue weighted by Crippen LogP contribution is 2.23. The molecule has 0 unspecified atom stereocenters. The number of carbonyl (C=O) groups is 2.